The average Bonchev–Trinajstić information content (AvgIpc) is 2.80. The van der Waals surface area contributed by atoms with E-state index in [2.05, 4.69) is 41.1 Å². The van der Waals surface area contributed by atoms with Gasteiger partial charge in [-0.15, -0.1) is 6.58 Å². The summed E-state index contributed by atoms with van der Waals surface area (Å²) in [7, 11) is 0. The third-order valence-electron chi connectivity index (χ3n) is 2.79. The van der Waals surface area contributed by atoms with Crippen molar-refractivity contribution in [1.82, 2.24) is 0 Å². The molecule has 2 nitrogen and oxygen atoms in total. The average molecular weight is 202 g/mol. The van der Waals surface area contributed by atoms with Gasteiger partial charge in [0.2, 0.25) is 0 Å². The molecule has 0 amide bonds. The van der Waals surface area contributed by atoms with E-state index in [0.29, 0.717) is 0 Å². The van der Waals surface area contributed by atoms with Crippen LogP contribution in [-0.2, 0) is 0 Å². The standard InChI is InChI=1S/C13H18N2/c1-2-9-14-12-5-7-13(8-6-12)15-10-3-4-11-15/h2,5-8,14H,1,3-4,9-11H2. The summed E-state index contributed by atoms with van der Waals surface area (Å²) in [6.07, 6.45) is 4.53. The van der Waals surface area contributed by atoms with Gasteiger partial charge in [0.25, 0.3) is 0 Å². The lowest BCUT2D eigenvalue weighted by Crippen LogP contribution is -2.17. The van der Waals surface area contributed by atoms with E-state index in [1.54, 1.807) is 0 Å². The van der Waals surface area contributed by atoms with E-state index in [9.17, 15) is 0 Å². The van der Waals surface area contributed by atoms with Gasteiger partial charge in [-0.3, -0.25) is 0 Å². The first-order valence-corrected chi connectivity index (χ1v) is 5.60. The third kappa shape index (κ3) is 2.52. The van der Waals surface area contributed by atoms with Crippen LogP contribution in [0.5, 0.6) is 0 Å². The molecule has 0 unspecified atom stereocenters. The molecular formula is C13H18N2. The maximum atomic E-state index is 3.69. The topological polar surface area (TPSA) is 15.3 Å². The molecule has 1 aromatic carbocycles. The van der Waals surface area contributed by atoms with Gasteiger partial charge in [0.05, 0.1) is 0 Å². The fourth-order valence-electron chi connectivity index (χ4n) is 1.96. The Morgan fingerprint density at radius 3 is 2.47 bits per heavy atom. The Morgan fingerprint density at radius 2 is 1.87 bits per heavy atom. The van der Waals surface area contributed by atoms with Gasteiger partial charge in [0, 0.05) is 31.0 Å². The molecule has 1 N–H and O–H groups in total. The number of benzene rings is 1. The first kappa shape index (κ1) is 10.1. The maximum Gasteiger partial charge on any atom is 0.0367 e. The molecular weight excluding hydrogens is 184 g/mol. The molecule has 1 aliphatic heterocycles. The Balaban J connectivity index is 1.99. The van der Waals surface area contributed by atoms with Crippen molar-refractivity contribution in [3.63, 3.8) is 0 Å². The SMILES string of the molecule is C=CCNc1ccc(N2CCCC2)cc1. The first-order valence-electron chi connectivity index (χ1n) is 5.60. The minimum Gasteiger partial charge on any atom is -0.382 e. The zero-order chi connectivity index (χ0) is 10.5. The summed E-state index contributed by atoms with van der Waals surface area (Å²) in [6, 6.07) is 8.65. The Bertz CT molecular complexity index is 310. The van der Waals surface area contributed by atoms with Crippen molar-refractivity contribution in [3.8, 4) is 0 Å². The Hall–Kier alpha value is -1.44. The number of anilines is 2. The van der Waals surface area contributed by atoms with E-state index in [4.69, 9.17) is 0 Å². The molecule has 0 atom stereocenters. The number of nitrogens with one attached hydrogen (secondary N) is 1. The van der Waals surface area contributed by atoms with Crippen LogP contribution in [0.15, 0.2) is 36.9 Å². The Labute approximate surface area is 91.6 Å². The third-order valence-corrected chi connectivity index (χ3v) is 2.79. The van der Waals surface area contributed by atoms with Crippen LogP contribution in [0.1, 0.15) is 12.8 Å². The van der Waals surface area contributed by atoms with Gasteiger partial charge in [-0.25, -0.2) is 0 Å². The van der Waals surface area contributed by atoms with Crippen molar-refractivity contribution in [2.45, 2.75) is 12.8 Å². The van der Waals surface area contributed by atoms with Crippen LogP contribution < -0.4 is 10.2 Å². The maximum absolute atomic E-state index is 3.69. The lowest BCUT2D eigenvalue weighted by molar-refractivity contribution is 0.949. The fraction of sp³-hybridized carbons (Fsp3) is 0.385. The highest BCUT2D eigenvalue weighted by atomic mass is 15.1. The lowest BCUT2D eigenvalue weighted by Gasteiger charge is -2.17. The number of nitrogens with zero attached hydrogens (tertiary/aromatic N) is 1. The predicted molar refractivity (Wildman–Crippen MR) is 66.6 cm³/mol. The van der Waals surface area contributed by atoms with E-state index in [1.165, 1.54) is 31.6 Å². The Morgan fingerprint density at radius 1 is 1.20 bits per heavy atom. The monoisotopic (exact) mass is 202 g/mol. The summed E-state index contributed by atoms with van der Waals surface area (Å²) in [4.78, 5) is 2.44. The first-order chi connectivity index (χ1) is 7.40. The molecule has 2 rings (SSSR count). The molecule has 0 spiro atoms. The smallest absolute Gasteiger partial charge is 0.0367 e. The molecule has 1 heterocycles. The summed E-state index contributed by atoms with van der Waals surface area (Å²) in [5.41, 5.74) is 2.51. The normalized spacial score (nSPS) is 15.3. The van der Waals surface area contributed by atoms with Gasteiger partial charge < -0.3 is 10.2 Å². The van der Waals surface area contributed by atoms with E-state index >= 15 is 0 Å². The molecule has 1 aromatic rings. The zero-order valence-electron chi connectivity index (χ0n) is 9.08. The molecule has 1 fully saturated rings. The molecule has 15 heavy (non-hydrogen) atoms. The van der Waals surface area contributed by atoms with Gasteiger partial charge in [-0.1, -0.05) is 6.08 Å². The van der Waals surface area contributed by atoms with Gasteiger partial charge in [-0.05, 0) is 37.1 Å². The second-order valence-electron chi connectivity index (χ2n) is 3.91. The largest absolute Gasteiger partial charge is 0.382 e. The van der Waals surface area contributed by atoms with Crippen LogP contribution in [0.2, 0.25) is 0 Å². The molecule has 0 aromatic heterocycles. The molecule has 0 aliphatic carbocycles. The minimum atomic E-state index is 0.822. The number of hydrogen-bond acceptors (Lipinski definition) is 2. The summed E-state index contributed by atoms with van der Waals surface area (Å²) < 4.78 is 0. The predicted octanol–water partition coefficient (Wildman–Crippen LogP) is 2.88. The van der Waals surface area contributed by atoms with Crippen molar-refractivity contribution < 1.29 is 0 Å². The van der Waals surface area contributed by atoms with Gasteiger partial charge in [-0.2, -0.15) is 0 Å². The second kappa shape index (κ2) is 4.87. The number of hydrogen-bond donors (Lipinski definition) is 1. The molecule has 0 radical (unpaired) electrons. The van der Waals surface area contributed by atoms with Crippen LogP contribution in [-0.4, -0.2) is 19.6 Å². The van der Waals surface area contributed by atoms with Crippen LogP contribution in [0, 0.1) is 0 Å². The lowest BCUT2D eigenvalue weighted by atomic mass is 10.2. The summed E-state index contributed by atoms with van der Waals surface area (Å²) >= 11 is 0. The van der Waals surface area contributed by atoms with Crippen molar-refractivity contribution in [2.75, 3.05) is 29.9 Å². The van der Waals surface area contributed by atoms with E-state index in [1.807, 2.05) is 6.08 Å². The quantitative estimate of drug-likeness (QED) is 0.755. The van der Waals surface area contributed by atoms with Gasteiger partial charge >= 0.3 is 0 Å². The minimum absolute atomic E-state index is 0.822. The van der Waals surface area contributed by atoms with Crippen molar-refractivity contribution >= 4 is 11.4 Å². The second-order valence-corrected chi connectivity index (χ2v) is 3.91. The van der Waals surface area contributed by atoms with E-state index in [0.717, 1.165) is 12.2 Å². The molecule has 1 aliphatic rings. The summed E-state index contributed by atoms with van der Waals surface area (Å²) in [5.74, 6) is 0. The summed E-state index contributed by atoms with van der Waals surface area (Å²) in [5, 5.41) is 3.28. The highest BCUT2D eigenvalue weighted by molar-refractivity contribution is 5.55. The molecule has 0 saturated carbocycles. The van der Waals surface area contributed by atoms with Crippen LogP contribution in [0.4, 0.5) is 11.4 Å². The van der Waals surface area contributed by atoms with E-state index in [-0.39, 0.29) is 0 Å². The van der Waals surface area contributed by atoms with Crippen molar-refractivity contribution in [2.24, 2.45) is 0 Å². The molecule has 1 saturated heterocycles. The van der Waals surface area contributed by atoms with Gasteiger partial charge in [0.15, 0.2) is 0 Å². The number of rotatable bonds is 4. The van der Waals surface area contributed by atoms with Crippen LogP contribution >= 0.6 is 0 Å². The fourth-order valence-corrected chi connectivity index (χ4v) is 1.96. The van der Waals surface area contributed by atoms with E-state index < -0.39 is 0 Å². The highest BCUT2D eigenvalue weighted by Crippen LogP contribution is 2.21. The molecule has 0 bridgehead atoms. The van der Waals surface area contributed by atoms with Crippen LogP contribution in [0.3, 0.4) is 0 Å². The van der Waals surface area contributed by atoms with Gasteiger partial charge in [0.1, 0.15) is 0 Å². The molecule has 80 valence electrons. The zero-order valence-corrected chi connectivity index (χ0v) is 9.08. The summed E-state index contributed by atoms with van der Waals surface area (Å²) in [6.45, 7) is 6.92. The molecule has 2 heteroatoms. The van der Waals surface area contributed by atoms with Crippen LogP contribution in [0.25, 0.3) is 0 Å². The van der Waals surface area contributed by atoms with Crippen molar-refractivity contribution in [3.05, 3.63) is 36.9 Å². The Kier molecular flexibility index (Phi) is 3.28. The van der Waals surface area contributed by atoms with Crippen molar-refractivity contribution in [1.29, 1.82) is 0 Å². The highest BCUT2D eigenvalue weighted by Gasteiger charge is 2.11.